The number of allylic oxidation sites excluding steroid dienone is 7. The number of nitrogens with zero attached hydrogens (tertiary/aromatic N) is 1. The zero-order chi connectivity index (χ0) is 42.0. The van der Waals surface area contributed by atoms with Gasteiger partial charge in [0.1, 0.15) is 19.8 Å². The monoisotopic (exact) mass is 824 g/mol. The first kappa shape index (κ1) is 55.3. The fraction of sp³-hybridized carbons (Fsp3) is 0.812. The molecule has 0 amide bonds. The molecule has 0 aliphatic rings. The van der Waals surface area contributed by atoms with Crippen LogP contribution in [-0.4, -0.2) is 64.1 Å². The summed E-state index contributed by atoms with van der Waals surface area (Å²) in [6.45, 7) is 4.69. The van der Waals surface area contributed by atoms with Crippen molar-refractivity contribution in [1.29, 1.82) is 0 Å². The second kappa shape index (κ2) is 41.1. The van der Waals surface area contributed by atoms with E-state index in [0.717, 1.165) is 57.8 Å². The Labute approximate surface area is 352 Å². The number of quaternary nitrogens is 1. The lowest BCUT2D eigenvalue weighted by Gasteiger charge is -2.28. The molecule has 334 valence electrons. The Kier molecular flexibility index (Phi) is 39.8. The molecule has 0 heterocycles. The van der Waals surface area contributed by atoms with Crippen molar-refractivity contribution in [2.75, 3.05) is 47.5 Å². The Morgan fingerprint density at radius 1 is 0.561 bits per heavy atom. The third kappa shape index (κ3) is 45.2. The number of esters is 1. The Morgan fingerprint density at radius 3 is 1.49 bits per heavy atom. The summed E-state index contributed by atoms with van der Waals surface area (Å²) in [4.78, 5) is 25.1. The predicted molar refractivity (Wildman–Crippen MR) is 240 cm³/mol. The Morgan fingerprint density at radius 2 is 0.982 bits per heavy atom. The quantitative estimate of drug-likeness (QED) is 0.0151. The molecule has 0 N–H and O–H groups in total. The highest BCUT2D eigenvalue weighted by molar-refractivity contribution is 7.45. The van der Waals surface area contributed by atoms with E-state index in [1.54, 1.807) is 6.26 Å². The van der Waals surface area contributed by atoms with Crippen LogP contribution in [0.25, 0.3) is 0 Å². The first-order valence-corrected chi connectivity index (χ1v) is 24.9. The van der Waals surface area contributed by atoms with Crippen molar-refractivity contribution < 1.29 is 37.3 Å². The number of ether oxygens (including phenoxy) is 2. The molecule has 0 rings (SSSR count). The van der Waals surface area contributed by atoms with Crippen molar-refractivity contribution in [2.45, 2.75) is 206 Å². The molecule has 0 fully saturated rings. The van der Waals surface area contributed by atoms with Crippen LogP contribution in [0.4, 0.5) is 0 Å². The highest BCUT2D eigenvalue weighted by Crippen LogP contribution is 2.38. The van der Waals surface area contributed by atoms with E-state index in [9.17, 15) is 14.3 Å². The van der Waals surface area contributed by atoms with E-state index in [1.807, 2.05) is 27.2 Å². The van der Waals surface area contributed by atoms with Crippen LogP contribution in [0.5, 0.6) is 0 Å². The molecule has 0 spiro atoms. The second-order valence-corrected chi connectivity index (χ2v) is 18.2. The van der Waals surface area contributed by atoms with Gasteiger partial charge in [-0.25, -0.2) is 0 Å². The zero-order valence-electron chi connectivity index (χ0n) is 37.8. The van der Waals surface area contributed by atoms with Gasteiger partial charge in [0.2, 0.25) is 0 Å². The van der Waals surface area contributed by atoms with E-state index >= 15 is 0 Å². The molecular formula is C48H90NO7P. The highest BCUT2D eigenvalue weighted by atomic mass is 31.2. The number of rotatable bonds is 43. The maximum absolute atomic E-state index is 12.7. The number of phosphoric acid groups is 1. The molecule has 0 aliphatic heterocycles. The summed E-state index contributed by atoms with van der Waals surface area (Å²) in [6, 6.07) is 0. The van der Waals surface area contributed by atoms with Crippen LogP contribution in [0.1, 0.15) is 200 Å². The molecule has 0 saturated carbocycles. The average molecular weight is 824 g/mol. The Balaban J connectivity index is 4.29. The van der Waals surface area contributed by atoms with Gasteiger partial charge in [-0.05, 0) is 63.9 Å². The summed E-state index contributed by atoms with van der Waals surface area (Å²) in [5.41, 5.74) is 0. The molecule has 2 atom stereocenters. The van der Waals surface area contributed by atoms with E-state index in [4.69, 9.17) is 18.5 Å². The standard InChI is InChI=1S/C48H90NO7P/c1-6-8-10-12-14-16-18-20-22-24-26-28-30-32-34-36-38-40-43-53-45-47(46-55-57(51,52)54-44-42-49(3,4)5)56-48(50)41-39-37-35-33-31-29-27-25-23-21-19-17-15-13-11-9-7-2/h15,17,21,23,27,29,40,43,47H,6-14,16,18-20,22,24-26,28,30-39,41-42,44-46H2,1-5H3/b17-15+,23-21+,29-27+,43-40+/t47-/m1/s1. The van der Waals surface area contributed by atoms with E-state index in [0.29, 0.717) is 11.0 Å². The molecule has 0 aromatic rings. The number of carbonyl (C=O) groups is 1. The predicted octanol–water partition coefficient (Wildman–Crippen LogP) is 13.7. The van der Waals surface area contributed by atoms with Gasteiger partial charge in [0.25, 0.3) is 7.82 Å². The average Bonchev–Trinajstić information content (AvgIpc) is 3.16. The van der Waals surface area contributed by atoms with Crippen LogP contribution < -0.4 is 4.89 Å². The number of likely N-dealkylation sites (N-methyl/N-ethyl adjacent to an activating group) is 1. The maximum Gasteiger partial charge on any atom is 0.306 e. The van der Waals surface area contributed by atoms with Crippen LogP contribution in [0.3, 0.4) is 0 Å². The largest absolute Gasteiger partial charge is 0.756 e. The molecule has 57 heavy (non-hydrogen) atoms. The number of phosphoric ester groups is 1. The molecule has 0 aromatic carbocycles. The van der Waals surface area contributed by atoms with Gasteiger partial charge in [0.05, 0.1) is 34.0 Å². The van der Waals surface area contributed by atoms with Gasteiger partial charge >= 0.3 is 5.97 Å². The van der Waals surface area contributed by atoms with E-state index < -0.39 is 13.9 Å². The van der Waals surface area contributed by atoms with Gasteiger partial charge in [-0.1, -0.05) is 172 Å². The lowest BCUT2D eigenvalue weighted by molar-refractivity contribution is -0.870. The van der Waals surface area contributed by atoms with Crippen LogP contribution in [0.15, 0.2) is 48.8 Å². The highest BCUT2D eigenvalue weighted by Gasteiger charge is 2.20. The molecule has 0 radical (unpaired) electrons. The van der Waals surface area contributed by atoms with E-state index in [1.165, 1.54) is 122 Å². The lowest BCUT2D eigenvalue weighted by Crippen LogP contribution is -2.37. The molecule has 0 bridgehead atoms. The molecule has 0 saturated heterocycles. The summed E-state index contributed by atoms with van der Waals surface area (Å²) < 4.78 is 34.4. The SMILES string of the molecule is CCCCC/C=C/C/C=C/C/C=C/CCCCCCC(=O)O[C@H](CO/C=C/CCCCCCCCCCCCCCCCCC)COP(=O)([O-])OCC[N+](C)(C)C. The minimum Gasteiger partial charge on any atom is -0.756 e. The van der Waals surface area contributed by atoms with Gasteiger partial charge < -0.3 is 27.9 Å². The molecule has 0 aromatic heterocycles. The minimum absolute atomic E-state index is 0.0112. The minimum atomic E-state index is -4.55. The van der Waals surface area contributed by atoms with Crippen LogP contribution >= 0.6 is 7.82 Å². The lowest BCUT2D eigenvalue weighted by atomic mass is 10.0. The van der Waals surface area contributed by atoms with Crippen molar-refractivity contribution in [3.05, 3.63) is 48.8 Å². The van der Waals surface area contributed by atoms with Crippen molar-refractivity contribution >= 4 is 13.8 Å². The van der Waals surface area contributed by atoms with Gasteiger partial charge in [-0.2, -0.15) is 0 Å². The number of unbranched alkanes of at least 4 members (excludes halogenated alkanes) is 23. The van der Waals surface area contributed by atoms with Crippen molar-refractivity contribution in [3.63, 3.8) is 0 Å². The van der Waals surface area contributed by atoms with Crippen LogP contribution in [0, 0.1) is 0 Å². The van der Waals surface area contributed by atoms with Gasteiger partial charge in [-0.3, -0.25) is 9.36 Å². The number of hydrogen-bond acceptors (Lipinski definition) is 7. The number of hydrogen-bond donors (Lipinski definition) is 0. The maximum atomic E-state index is 12.7. The number of carbonyl (C=O) groups excluding carboxylic acids is 1. The van der Waals surface area contributed by atoms with Crippen LogP contribution in [0.2, 0.25) is 0 Å². The van der Waals surface area contributed by atoms with Crippen LogP contribution in [-0.2, 0) is 27.9 Å². The molecule has 8 nitrogen and oxygen atoms in total. The van der Waals surface area contributed by atoms with Crippen molar-refractivity contribution in [3.8, 4) is 0 Å². The third-order valence-corrected chi connectivity index (χ3v) is 10.9. The summed E-state index contributed by atoms with van der Waals surface area (Å²) in [5, 5.41) is 0. The first-order chi connectivity index (χ1) is 27.6. The first-order valence-electron chi connectivity index (χ1n) is 23.4. The molecule has 9 heteroatoms. The summed E-state index contributed by atoms with van der Waals surface area (Å²) >= 11 is 0. The summed E-state index contributed by atoms with van der Waals surface area (Å²) in [5.74, 6) is -0.376. The Hall–Kier alpha value is -1.70. The molecular weight excluding hydrogens is 734 g/mol. The van der Waals surface area contributed by atoms with Gasteiger partial charge in [0, 0.05) is 6.42 Å². The Bertz CT molecular complexity index is 1050. The van der Waals surface area contributed by atoms with Crippen molar-refractivity contribution in [2.24, 2.45) is 0 Å². The fourth-order valence-corrected chi connectivity index (χ4v) is 7.01. The fourth-order valence-electron chi connectivity index (χ4n) is 6.28. The van der Waals surface area contributed by atoms with Crippen molar-refractivity contribution in [1.82, 2.24) is 0 Å². The topological polar surface area (TPSA) is 94.1 Å². The normalized spacial score (nSPS) is 14.1. The second-order valence-electron chi connectivity index (χ2n) is 16.8. The van der Waals surface area contributed by atoms with Gasteiger partial charge in [0.15, 0.2) is 6.10 Å². The zero-order valence-corrected chi connectivity index (χ0v) is 38.7. The summed E-state index contributed by atoms with van der Waals surface area (Å²) in [6.07, 6.45) is 50.8. The molecule has 1 unspecified atom stereocenters. The van der Waals surface area contributed by atoms with E-state index in [-0.39, 0.29) is 32.2 Å². The smallest absolute Gasteiger partial charge is 0.306 e. The summed E-state index contributed by atoms with van der Waals surface area (Å²) in [7, 11) is 1.31. The third-order valence-electron chi connectivity index (χ3n) is 9.95. The van der Waals surface area contributed by atoms with E-state index in [2.05, 4.69) is 50.3 Å². The molecule has 0 aliphatic carbocycles. The van der Waals surface area contributed by atoms with Gasteiger partial charge in [-0.15, -0.1) is 0 Å².